The quantitative estimate of drug-likeness (QED) is 0.213. The number of ether oxygens (including phenoxy) is 1. The zero-order valence-electron chi connectivity index (χ0n) is 18.9. The van der Waals surface area contributed by atoms with Crippen molar-refractivity contribution in [3.05, 3.63) is 74.1 Å². The van der Waals surface area contributed by atoms with Gasteiger partial charge in [0.1, 0.15) is 0 Å². The van der Waals surface area contributed by atoms with E-state index in [1.807, 2.05) is 6.92 Å². The maximum absolute atomic E-state index is 13.4. The van der Waals surface area contributed by atoms with Crippen LogP contribution in [0.15, 0.2) is 52.4 Å². The summed E-state index contributed by atoms with van der Waals surface area (Å²) in [6.07, 6.45) is 2.58. The van der Waals surface area contributed by atoms with Gasteiger partial charge in [0.15, 0.2) is 5.16 Å². The average Bonchev–Trinajstić information content (AvgIpc) is 3.36. The first-order valence-electron chi connectivity index (χ1n) is 11.3. The molecular formula is C24H26N4O5S. The van der Waals surface area contributed by atoms with Crippen LogP contribution in [-0.4, -0.2) is 39.6 Å². The zero-order valence-corrected chi connectivity index (χ0v) is 19.7. The van der Waals surface area contributed by atoms with Crippen molar-refractivity contribution in [2.45, 2.75) is 49.7 Å². The molecule has 10 heteroatoms. The molecule has 1 aliphatic rings. The number of hydrogen-bond acceptors (Lipinski definition) is 7. The van der Waals surface area contributed by atoms with Crippen molar-refractivity contribution in [3.63, 3.8) is 0 Å². The van der Waals surface area contributed by atoms with Gasteiger partial charge in [-0.1, -0.05) is 30.8 Å². The van der Waals surface area contributed by atoms with Gasteiger partial charge >= 0.3 is 0 Å². The van der Waals surface area contributed by atoms with Crippen LogP contribution >= 0.6 is 11.8 Å². The van der Waals surface area contributed by atoms with E-state index in [1.165, 1.54) is 23.9 Å². The van der Waals surface area contributed by atoms with Crippen LogP contribution in [0.2, 0.25) is 0 Å². The number of benzene rings is 2. The van der Waals surface area contributed by atoms with Gasteiger partial charge in [0.2, 0.25) is 0 Å². The molecule has 0 spiro atoms. The van der Waals surface area contributed by atoms with Crippen molar-refractivity contribution in [2.24, 2.45) is 0 Å². The van der Waals surface area contributed by atoms with Gasteiger partial charge in [-0.2, -0.15) is 0 Å². The molecule has 178 valence electrons. The number of nitro groups is 1. The van der Waals surface area contributed by atoms with Crippen LogP contribution < -0.4 is 10.9 Å². The number of thioether (sulfide) groups is 1. The molecule has 0 unspecified atom stereocenters. The molecule has 1 atom stereocenters. The molecule has 0 aliphatic carbocycles. The third-order valence-electron chi connectivity index (χ3n) is 5.62. The molecule has 1 N–H and O–H groups in total. The zero-order chi connectivity index (χ0) is 24.1. The molecule has 3 aromatic rings. The van der Waals surface area contributed by atoms with Crippen molar-refractivity contribution >= 4 is 34.3 Å². The fourth-order valence-electron chi connectivity index (χ4n) is 3.85. The summed E-state index contributed by atoms with van der Waals surface area (Å²) in [5, 5.41) is 14.9. The Balaban J connectivity index is 1.69. The first kappa shape index (κ1) is 23.9. The summed E-state index contributed by atoms with van der Waals surface area (Å²) < 4.78 is 7.37. The molecule has 1 amide bonds. The molecule has 34 heavy (non-hydrogen) atoms. The number of hydrogen-bond donors (Lipinski definition) is 1. The first-order valence-corrected chi connectivity index (χ1v) is 12.3. The highest BCUT2D eigenvalue weighted by Gasteiger charge is 2.21. The van der Waals surface area contributed by atoms with Gasteiger partial charge in [-0.15, -0.1) is 0 Å². The van der Waals surface area contributed by atoms with E-state index in [-0.39, 0.29) is 23.3 Å². The number of carbonyl (C=O) groups excluding carboxylic acids is 1. The molecule has 4 rings (SSSR count). The van der Waals surface area contributed by atoms with Gasteiger partial charge in [0.25, 0.3) is 17.2 Å². The highest BCUT2D eigenvalue weighted by molar-refractivity contribution is 7.98. The van der Waals surface area contributed by atoms with Crippen molar-refractivity contribution < 1.29 is 14.5 Å². The van der Waals surface area contributed by atoms with Gasteiger partial charge in [-0.3, -0.25) is 24.3 Å². The lowest BCUT2D eigenvalue weighted by Gasteiger charge is -2.17. The second kappa shape index (κ2) is 10.8. The number of nitrogens with one attached hydrogen (secondary N) is 1. The standard InChI is InChI=1S/C24H26N4O5S/c1-2-10-25-22(29)17-8-9-20-21(13-17)26-24(27(23(20)30)14-19-7-4-11-33-19)34-15-16-5-3-6-18(12-16)28(31)32/h3,5-6,8-9,12-13,19H,2,4,7,10-11,14-15H2,1H3,(H,25,29)/t19-/m0/s1. The Morgan fingerprint density at radius 2 is 2.18 bits per heavy atom. The number of fused-ring (bicyclic) bond motifs is 1. The van der Waals surface area contributed by atoms with E-state index in [2.05, 4.69) is 5.32 Å². The van der Waals surface area contributed by atoms with E-state index in [0.717, 1.165) is 24.8 Å². The summed E-state index contributed by atoms with van der Waals surface area (Å²) in [5.74, 6) is 0.196. The van der Waals surface area contributed by atoms with Crippen LogP contribution in [-0.2, 0) is 17.0 Å². The molecule has 2 heterocycles. The Labute approximate surface area is 200 Å². The summed E-state index contributed by atoms with van der Waals surface area (Å²) in [4.78, 5) is 41.2. The van der Waals surface area contributed by atoms with Gasteiger partial charge in [0.05, 0.1) is 28.5 Å². The van der Waals surface area contributed by atoms with E-state index in [0.29, 0.717) is 47.1 Å². The number of nitrogens with zero attached hydrogens (tertiary/aromatic N) is 3. The van der Waals surface area contributed by atoms with Crippen LogP contribution in [0.5, 0.6) is 0 Å². The third kappa shape index (κ3) is 5.45. The fourth-order valence-corrected chi connectivity index (χ4v) is 4.80. The lowest BCUT2D eigenvalue weighted by atomic mass is 10.1. The molecule has 1 aromatic heterocycles. The third-order valence-corrected chi connectivity index (χ3v) is 6.67. The van der Waals surface area contributed by atoms with Crippen LogP contribution in [0, 0.1) is 10.1 Å². The lowest BCUT2D eigenvalue weighted by molar-refractivity contribution is -0.384. The van der Waals surface area contributed by atoms with E-state index >= 15 is 0 Å². The highest BCUT2D eigenvalue weighted by Crippen LogP contribution is 2.26. The van der Waals surface area contributed by atoms with E-state index in [4.69, 9.17) is 9.72 Å². The summed E-state index contributed by atoms with van der Waals surface area (Å²) in [6.45, 7) is 3.60. The minimum Gasteiger partial charge on any atom is -0.376 e. The Bertz CT molecular complexity index is 1270. The SMILES string of the molecule is CCCNC(=O)c1ccc2c(=O)n(C[C@@H]3CCCO3)c(SCc3cccc([N+](=O)[O-])c3)nc2c1. The Morgan fingerprint density at radius 3 is 2.91 bits per heavy atom. The van der Waals surface area contributed by atoms with Crippen molar-refractivity contribution in [2.75, 3.05) is 13.2 Å². The van der Waals surface area contributed by atoms with Crippen LogP contribution in [0.3, 0.4) is 0 Å². The molecule has 1 aliphatic heterocycles. The summed E-state index contributed by atoms with van der Waals surface area (Å²) in [6, 6.07) is 11.3. The summed E-state index contributed by atoms with van der Waals surface area (Å²) >= 11 is 1.33. The summed E-state index contributed by atoms with van der Waals surface area (Å²) in [7, 11) is 0. The predicted octanol–water partition coefficient (Wildman–Crippen LogP) is 3.92. The molecular weight excluding hydrogens is 456 g/mol. The van der Waals surface area contributed by atoms with Gasteiger partial charge in [-0.05, 0) is 43.0 Å². The minimum absolute atomic E-state index is 0.0176. The van der Waals surface area contributed by atoms with Crippen molar-refractivity contribution in [1.29, 1.82) is 0 Å². The maximum atomic E-state index is 13.4. The highest BCUT2D eigenvalue weighted by atomic mass is 32.2. The normalized spacial score (nSPS) is 15.5. The van der Waals surface area contributed by atoms with Crippen molar-refractivity contribution in [3.8, 4) is 0 Å². The molecule has 1 saturated heterocycles. The maximum Gasteiger partial charge on any atom is 0.269 e. The number of nitro benzene ring substituents is 1. The molecule has 0 saturated carbocycles. The smallest absolute Gasteiger partial charge is 0.269 e. The monoisotopic (exact) mass is 482 g/mol. The van der Waals surface area contributed by atoms with Crippen LogP contribution in [0.4, 0.5) is 5.69 Å². The van der Waals surface area contributed by atoms with Gasteiger partial charge < -0.3 is 10.1 Å². The average molecular weight is 483 g/mol. The van der Waals surface area contributed by atoms with Crippen LogP contribution in [0.25, 0.3) is 10.9 Å². The number of non-ortho nitro benzene ring substituents is 1. The number of carbonyl (C=O) groups is 1. The summed E-state index contributed by atoms with van der Waals surface area (Å²) in [5.41, 5.74) is 1.47. The molecule has 9 nitrogen and oxygen atoms in total. The van der Waals surface area contributed by atoms with Gasteiger partial charge in [0, 0.05) is 36.6 Å². The predicted molar refractivity (Wildman–Crippen MR) is 130 cm³/mol. The molecule has 2 aromatic carbocycles. The second-order valence-electron chi connectivity index (χ2n) is 8.15. The van der Waals surface area contributed by atoms with Crippen LogP contribution in [0.1, 0.15) is 42.1 Å². The first-order chi connectivity index (χ1) is 16.5. The van der Waals surface area contributed by atoms with E-state index in [1.54, 1.807) is 34.9 Å². The number of rotatable bonds is 9. The van der Waals surface area contributed by atoms with Gasteiger partial charge in [-0.25, -0.2) is 4.98 Å². The molecule has 0 radical (unpaired) electrons. The molecule has 1 fully saturated rings. The lowest BCUT2D eigenvalue weighted by Crippen LogP contribution is -2.29. The fraction of sp³-hybridized carbons (Fsp3) is 0.375. The largest absolute Gasteiger partial charge is 0.376 e. The van der Waals surface area contributed by atoms with E-state index in [9.17, 15) is 19.7 Å². The number of amides is 1. The van der Waals surface area contributed by atoms with E-state index < -0.39 is 4.92 Å². The Morgan fingerprint density at radius 1 is 1.32 bits per heavy atom. The number of aromatic nitrogens is 2. The molecule has 0 bridgehead atoms. The van der Waals surface area contributed by atoms with Crippen molar-refractivity contribution in [1.82, 2.24) is 14.9 Å². The Hall–Kier alpha value is -3.24. The Kier molecular flexibility index (Phi) is 7.59. The second-order valence-corrected chi connectivity index (χ2v) is 9.09. The minimum atomic E-state index is -0.430. The topological polar surface area (TPSA) is 116 Å².